The second-order valence-electron chi connectivity index (χ2n) is 5.39. The van der Waals surface area contributed by atoms with Crippen LogP contribution in [0.1, 0.15) is 20.3 Å². The summed E-state index contributed by atoms with van der Waals surface area (Å²) in [6.07, 6.45) is -5.92. The van der Waals surface area contributed by atoms with Crippen LogP contribution in [-0.2, 0) is 4.74 Å². The first-order valence-electron chi connectivity index (χ1n) is 6.22. The summed E-state index contributed by atoms with van der Waals surface area (Å²) in [4.78, 5) is 7.52. The zero-order chi connectivity index (χ0) is 16.0. The van der Waals surface area contributed by atoms with E-state index in [0.717, 1.165) is 0 Å². The minimum absolute atomic E-state index is 0.406. The molecule has 4 atom stereocenters. The summed E-state index contributed by atoms with van der Waals surface area (Å²) in [5.41, 5.74) is 3.98. The maximum atomic E-state index is 14.1. The summed E-state index contributed by atoms with van der Waals surface area (Å²) < 4.78 is 58.0. The van der Waals surface area contributed by atoms with Gasteiger partial charge in [0, 0.05) is 23.0 Å². The highest BCUT2D eigenvalue weighted by molar-refractivity contribution is 9.11. The van der Waals surface area contributed by atoms with Gasteiger partial charge in [0.1, 0.15) is 0 Å². The Labute approximate surface area is 127 Å². The third kappa shape index (κ3) is 3.07. The molecular weight excluding hydrogens is 358 g/mol. The van der Waals surface area contributed by atoms with Crippen LogP contribution in [0.3, 0.4) is 0 Å². The van der Waals surface area contributed by atoms with Crippen LogP contribution in [0.5, 0.6) is 0 Å². The van der Waals surface area contributed by atoms with Crippen molar-refractivity contribution in [3.8, 4) is 0 Å². The normalized spacial score (nSPS) is 37.3. The van der Waals surface area contributed by atoms with Gasteiger partial charge in [0.05, 0.1) is 11.5 Å². The molecule has 9 heteroatoms. The lowest BCUT2D eigenvalue weighted by Gasteiger charge is -2.42. The largest absolute Gasteiger partial charge is 0.452 e. The predicted octanol–water partition coefficient (Wildman–Crippen LogP) is 3.28. The Balaban J connectivity index is 2.39. The van der Waals surface area contributed by atoms with Gasteiger partial charge in [0.15, 0.2) is 12.1 Å². The van der Waals surface area contributed by atoms with E-state index >= 15 is 0 Å². The molecule has 2 aliphatic heterocycles. The van der Waals surface area contributed by atoms with Gasteiger partial charge in [-0.3, -0.25) is 0 Å². The molecule has 2 rings (SSSR count). The lowest BCUT2D eigenvalue weighted by Crippen LogP contribution is -2.53. The highest BCUT2D eigenvalue weighted by Gasteiger charge is 2.54. The number of rotatable bonds is 1. The first-order chi connectivity index (χ1) is 9.54. The summed E-state index contributed by atoms with van der Waals surface area (Å²) in [6, 6.07) is -0.586. The fourth-order valence-electron chi connectivity index (χ4n) is 2.75. The lowest BCUT2D eigenvalue weighted by atomic mass is 9.73. The number of alkyl halides is 3. The van der Waals surface area contributed by atoms with Crippen molar-refractivity contribution in [2.75, 3.05) is 0 Å². The molecule has 0 aliphatic carbocycles. The van der Waals surface area contributed by atoms with E-state index in [1.807, 2.05) is 0 Å². The SMILES string of the molecule is CC1C(Br)=CN=C(F)C1[C@]1(C)C[C@@H](C(F)(F)F)OC(N)=N1. The van der Waals surface area contributed by atoms with Crippen LogP contribution in [0.15, 0.2) is 20.7 Å². The van der Waals surface area contributed by atoms with Crippen LogP contribution in [0, 0.1) is 11.8 Å². The molecular formula is C12H14BrF4N3O. The van der Waals surface area contributed by atoms with Gasteiger partial charge in [-0.2, -0.15) is 17.6 Å². The minimum Gasteiger partial charge on any atom is -0.452 e. The van der Waals surface area contributed by atoms with Crippen LogP contribution in [0.2, 0.25) is 0 Å². The molecule has 21 heavy (non-hydrogen) atoms. The summed E-state index contributed by atoms with van der Waals surface area (Å²) in [7, 11) is 0. The molecule has 0 radical (unpaired) electrons. The van der Waals surface area contributed by atoms with E-state index in [1.54, 1.807) is 6.92 Å². The lowest BCUT2D eigenvalue weighted by molar-refractivity contribution is -0.208. The van der Waals surface area contributed by atoms with Crippen LogP contribution < -0.4 is 5.73 Å². The van der Waals surface area contributed by atoms with Crippen LogP contribution >= 0.6 is 15.9 Å². The highest BCUT2D eigenvalue weighted by atomic mass is 79.9. The number of hydrogen-bond acceptors (Lipinski definition) is 4. The van der Waals surface area contributed by atoms with E-state index in [2.05, 4.69) is 30.7 Å². The molecule has 0 aromatic heterocycles. The van der Waals surface area contributed by atoms with Gasteiger partial charge < -0.3 is 10.5 Å². The van der Waals surface area contributed by atoms with Gasteiger partial charge in [-0.15, -0.1) is 0 Å². The molecule has 2 aliphatic rings. The van der Waals surface area contributed by atoms with Gasteiger partial charge in [0.25, 0.3) is 6.02 Å². The molecule has 2 N–H and O–H groups in total. The number of allylic oxidation sites excluding steroid dienone is 1. The third-order valence-electron chi connectivity index (χ3n) is 3.77. The molecule has 118 valence electrons. The Hall–Kier alpha value is -1.12. The number of hydrogen-bond donors (Lipinski definition) is 1. The fraction of sp³-hybridized carbons (Fsp3) is 0.667. The molecule has 4 nitrogen and oxygen atoms in total. The molecule has 0 saturated heterocycles. The van der Waals surface area contributed by atoms with Crippen molar-refractivity contribution in [3.05, 3.63) is 10.7 Å². The van der Waals surface area contributed by atoms with Crippen molar-refractivity contribution in [1.82, 2.24) is 0 Å². The van der Waals surface area contributed by atoms with E-state index in [9.17, 15) is 17.6 Å². The Bertz CT molecular complexity index is 531. The topological polar surface area (TPSA) is 60.0 Å². The zero-order valence-corrected chi connectivity index (χ0v) is 12.9. The Morgan fingerprint density at radius 1 is 1.48 bits per heavy atom. The van der Waals surface area contributed by atoms with Gasteiger partial charge in [0.2, 0.25) is 0 Å². The average molecular weight is 372 g/mol. The average Bonchev–Trinajstić information content (AvgIpc) is 2.32. The maximum Gasteiger partial charge on any atom is 0.425 e. The minimum atomic E-state index is -4.60. The molecule has 0 fully saturated rings. The van der Waals surface area contributed by atoms with Gasteiger partial charge in [-0.1, -0.05) is 22.9 Å². The first kappa shape index (κ1) is 16.3. The van der Waals surface area contributed by atoms with E-state index in [-0.39, 0.29) is 0 Å². The van der Waals surface area contributed by atoms with Crippen molar-refractivity contribution in [2.24, 2.45) is 27.6 Å². The number of halogens is 5. The summed E-state index contributed by atoms with van der Waals surface area (Å²) in [6.45, 7) is 3.12. The summed E-state index contributed by atoms with van der Waals surface area (Å²) in [5, 5.41) is 0. The van der Waals surface area contributed by atoms with Crippen LogP contribution in [0.25, 0.3) is 0 Å². The number of nitrogens with zero attached hydrogens (tertiary/aromatic N) is 2. The maximum absolute atomic E-state index is 14.1. The Kier molecular flexibility index (Phi) is 4.07. The fourth-order valence-corrected chi connectivity index (χ4v) is 3.11. The van der Waals surface area contributed by atoms with E-state index < -0.39 is 48.1 Å². The molecule has 0 spiro atoms. The van der Waals surface area contributed by atoms with Crippen LogP contribution in [-0.4, -0.2) is 29.8 Å². The van der Waals surface area contributed by atoms with Crippen molar-refractivity contribution in [1.29, 1.82) is 0 Å². The van der Waals surface area contributed by atoms with Gasteiger partial charge in [-0.25, -0.2) is 9.98 Å². The summed E-state index contributed by atoms with van der Waals surface area (Å²) in [5.74, 6) is -2.10. The monoisotopic (exact) mass is 371 g/mol. The number of amidine groups is 1. The van der Waals surface area contributed by atoms with Crippen LogP contribution in [0.4, 0.5) is 17.6 Å². The van der Waals surface area contributed by atoms with E-state index in [4.69, 9.17) is 5.73 Å². The standard InChI is InChI=1S/C12H14BrF4N3O/c1-5-6(13)4-19-9(14)8(5)11(2)3-7(12(15,16)17)21-10(18)20-11/h4-5,7-8H,3H2,1-2H3,(H2,18,20)/t5?,7-,8?,11-/m0/s1. The van der Waals surface area contributed by atoms with Crippen molar-refractivity contribution >= 4 is 27.9 Å². The molecule has 0 bridgehead atoms. The Morgan fingerprint density at radius 3 is 2.67 bits per heavy atom. The molecule has 0 aromatic carbocycles. The van der Waals surface area contributed by atoms with Gasteiger partial charge >= 0.3 is 6.18 Å². The molecule has 2 unspecified atom stereocenters. The second-order valence-corrected chi connectivity index (χ2v) is 6.31. The van der Waals surface area contributed by atoms with E-state index in [1.165, 1.54) is 13.1 Å². The number of nitrogens with two attached hydrogens (primary N) is 1. The second kappa shape index (κ2) is 5.26. The number of aliphatic imine (C=N–C) groups is 2. The molecule has 0 amide bonds. The van der Waals surface area contributed by atoms with Gasteiger partial charge in [-0.05, 0) is 6.92 Å². The molecule has 0 saturated carbocycles. The molecule has 2 heterocycles. The first-order valence-corrected chi connectivity index (χ1v) is 7.01. The Morgan fingerprint density at radius 2 is 2.10 bits per heavy atom. The third-order valence-corrected chi connectivity index (χ3v) is 4.69. The number of ether oxygens (including phenoxy) is 1. The predicted molar refractivity (Wildman–Crippen MR) is 73.8 cm³/mol. The smallest absolute Gasteiger partial charge is 0.425 e. The van der Waals surface area contributed by atoms with E-state index in [0.29, 0.717) is 4.48 Å². The van der Waals surface area contributed by atoms with Crippen molar-refractivity contribution in [2.45, 2.75) is 38.1 Å². The molecule has 0 aromatic rings. The highest BCUT2D eigenvalue weighted by Crippen LogP contribution is 2.45. The zero-order valence-electron chi connectivity index (χ0n) is 11.3. The summed E-state index contributed by atoms with van der Waals surface area (Å²) >= 11 is 3.24. The quantitative estimate of drug-likeness (QED) is 0.719. The van der Waals surface area contributed by atoms with Crippen molar-refractivity contribution in [3.63, 3.8) is 0 Å². The van der Waals surface area contributed by atoms with Crippen molar-refractivity contribution < 1.29 is 22.3 Å².